The van der Waals surface area contributed by atoms with Gasteiger partial charge >= 0.3 is 5.97 Å². The van der Waals surface area contributed by atoms with E-state index in [1.165, 1.54) is 32.2 Å². The fraction of sp³-hybridized carbons (Fsp3) is 0.182. The number of rotatable bonds is 4. The van der Waals surface area contributed by atoms with Crippen LogP contribution in [0, 0.1) is 0 Å². The molecule has 0 bridgehead atoms. The molecule has 6 nitrogen and oxygen atoms in total. The number of Topliss-reactive ketones (excluding diaryl/α,β-unsaturated/α-hetero) is 1. The zero-order chi connectivity index (χ0) is 13.0. The Morgan fingerprint density at radius 3 is 2.41 bits per heavy atom. The lowest BCUT2D eigenvalue weighted by Crippen LogP contribution is -2.15. The molecule has 0 aromatic heterocycles. The Morgan fingerprint density at radius 1 is 1.29 bits per heavy atom. The molecule has 0 fully saturated rings. The van der Waals surface area contributed by atoms with E-state index in [0.29, 0.717) is 5.69 Å². The number of aliphatic carboxylic acids is 1. The number of hydrogen-bond acceptors (Lipinski definition) is 4. The number of ether oxygens (including phenoxy) is 1. The van der Waals surface area contributed by atoms with Crippen molar-refractivity contribution in [1.29, 1.82) is 0 Å². The monoisotopic (exact) mass is 237 g/mol. The third kappa shape index (κ3) is 3.04. The van der Waals surface area contributed by atoms with E-state index in [2.05, 4.69) is 5.32 Å². The fourth-order valence-corrected chi connectivity index (χ4v) is 1.28. The zero-order valence-electron chi connectivity index (χ0n) is 9.31. The first-order valence-corrected chi connectivity index (χ1v) is 4.69. The van der Waals surface area contributed by atoms with E-state index in [0.717, 1.165) is 0 Å². The molecule has 2 N–H and O–H groups in total. The van der Waals surface area contributed by atoms with Gasteiger partial charge in [0.1, 0.15) is 5.75 Å². The summed E-state index contributed by atoms with van der Waals surface area (Å²) in [5.74, 6) is -2.84. The maximum atomic E-state index is 11.4. The summed E-state index contributed by atoms with van der Waals surface area (Å²) in [6.07, 6.45) is 0. The summed E-state index contributed by atoms with van der Waals surface area (Å²) in [6.45, 7) is 1.31. The number of carboxylic acid groups (broad SMARTS) is 1. The van der Waals surface area contributed by atoms with Gasteiger partial charge in [0.05, 0.1) is 12.7 Å². The van der Waals surface area contributed by atoms with Gasteiger partial charge in [0.25, 0.3) is 5.78 Å². The number of hydrogen-bond donors (Lipinski definition) is 2. The van der Waals surface area contributed by atoms with Crippen LogP contribution in [-0.4, -0.2) is 29.9 Å². The summed E-state index contributed by atoms with van der Waals surface area (Å²) < 4.78 is 4.88. The number of amides is 1. The third-order valence-corrected chi connectivity index (χ3v) is 1.96. The van der Waals surface area contributed by atoms with Crippen molar-refractivity contribution in [2.75, 3.05) is 12.4 Å². The summed E-state index contributed by atoms with van der Waals surface area (Å²) in [6, 6.07) is 4.19. The van der Waals surface area contributed by atoms with Gasteiger partial charge in [0.2, 0.25) is 5.91 Å². The number of ketones is 1. The highest BCUT2D eigenvalue weighted by atomic mass is 16.5. The summed E-state index contributed by atoms with van der Waals surface area (Å²) in [7, 11) is 1.33. The molecule has 90 valence electrons. The van der Waals surface area contributed by atoms with Gasteiger partial charge in [-0.3, -0.25) is 9.59 Å². The maximum Gasteiger partial charge on any atom is 0.377 e. The Kier molecular flexibility index (Phi) is 3.82. The Labute approximate surface area is 97.2 Å². The summed E-state index contributed by atoms with van der Waals surface area (Å²) >= 11 is 0. The standard InChI is InChI=1S/C11H11NO5/c1-6(13)12-7-3-4-9(17-2)8(5-7)10(14)11(15)16/h3-5H,1-2H3,(H,12,13)(H,15,16). The molecule has 6 heteroatoms. The van der Waals surface area contributed by atoms with Crippen LogP contribution in [0.1, 0.15) is 17.3 Å². The van der Waals surface area contributed by atoms with Crippen molar-refractivity contribution in [1.82, 2.24) is 0 Å². The van der Waals surface area contributed by atoms with Crippen molar-refractivity contribution in [2.45, 2.75) is 6.92 Å². The van der Waals surface area contributed by atoms with Crippen molar-refractivity contribution in [2.24, 2.45) is 0 Å². The highest BCUT2D eigenvalue weighted by Gasteiger charge is 2.19. The molecule has 0 aliphatic heterocycles. The lowest BCUT2D eigenvalue weighted by atomic mass is 10.1. The Bertz CT molecular complexity index is 481. The van der Waals surface area contributed by atoms with Crippen LogP contribution in [-0.2, 0) is 9.59 Å². The first-order valence-electron chi connectivity index (χ1n) is 4.69. The normalized spacial score (nSPS) is 9.53. The molecule has 0 spiro atoms. The molecule has 0 saturated carbocycles. The predicted molar refractivity (Wildman–Crippen MR) is 59.3 cm³/mol. The number of carboxylic acids is 1. The van der Waals surface area contributed by atoms with Crippen molar-refractivity contribution in [3.8, 4) is 5.75 Å². The molecule has 1 rings (SSSR count). The van der Waals surface area contributed by atoms with Crippen LogP contribution in [0.2, 0.25) is 0 Å². The van der Waals surface area contributed by atoms with Gasteiger partial charge in [-0.1, -0.05) is 0 Å². The van der Waals surface area contributed by atoms with Gasteiger partial charge < -0.3 is 15.2 Å². The second-order valence-corrected chi connectivity index (χ2v) is 3.23. The van der Waals surface area contributed by atoms with Gasteiger partial charge in [0, 0.05) is 12.6 Å². The molecule has 0 heterocycles. The molecule has 0 saturated heterocycles. The summed E-state index contributed by atoms with van der Waals surface area (Å²) in [5, 5.41) is 11.1. The highest BCUT2D eigenvalue weighted by molar-refractivity contribution is 6.40. The largest absolute Gasteiger partial charge is 0.496 e. The van der Waals surface area contributed by atoms with Crippen molar-refractivity contribution in [3.05, 3.63) is 23.8 Å². The molecule has 1 aromatic carbocycles. The number of carbonyl (C=O) groups excluding carboxylic acids is 2. The first kappa shape index (κ1) is 12.7. The Hall–Kier alpha value is -2.37. The van der Waals surface area contributed by atoms with Crippen molar-refractivity contribution >= 4 is 23.3 Å². The van der Waals surface area contributed by atoms with Crippen LogP contribution in [0.25, 0.3) is 0 Å². The molecule has 1 amide bonds. The minimum atomic E-state index is -1.58. The number of methoxy groups -OCH3 is 1. The van der Waals surface area contributed by atoms with E-state index >= 15 is 0 Å². The van der Waals surface area contributed by atoms with Gasteiger partial charge in [-0.05, 0) is 18.2 Å². The van der Waals surface area contributed by atoms with Crippen LogP contribution < -0.4 is 10.1 Å². The lowest BCUT2D eigenvalue weighted by molar-refractivity contribution is -0.131. The predicted octanol–water partition coefficient (Wildman–Crippen LogP) is 0.921. The molecule has 0 atom stereocenters. The molecule has 0 aliphatic rings. The average molecular weight is 237 g/mol. The molecular formula is C11H11NO5. The smallest absolute Gasteiger partial charge is 0.377 e. The molecular weight excluding hydrogens is 226 g/mol. The minimum Gasteiger partial charge on any atom is -0.496 e. The quantitative estimate of drug-likeness (QED) is 0.600. The summed E-state index contributed by atoms with van der Waals surface area (Å²) in [5.41, 5.74) is 0.231. The van der Waals surface area contributed by atoms with E-state index in [4.69, 9.17) is 9.84 Å². The van der Waals surface area contributed by atoms with Crippen LogP contribution >= 0.6 is 0 Å². The van der Waals surface area contributed by atoms with Gasteiger partial charge in [-0.25, -0.2) is 4.79 Å². The van der Waals surface area contributed by atoms with E-state index in [9.17, 15) is 14.4 Å². The van der Waals surface area contributed by atoms with Crippen molar-refractivity contribution in [3.63, 3.8) is 0 Å². The minimum absolute atomic E-state index is 0.105. The number of carbonyl (C=O) groups is 3. The molecule has 1 aromatic rings. The first-order chi connectivity index (χ1) is 7.95. The lowest BCUT2D eigenvalue weighted by Gasteiger charge is -2.08. The van der Waals surface area contributed by atoms with Gasteiger partial charge in [-0.15, -0.1) is 0 Å². The molecule has 0 radical (unpaired) electrons. The molecule has 0 unspecified atom stereocenters. The topological polar surface area (TPSA) is 92.7 Å². The van der Waals surface area contributed by atoms with Crippen LogP contribution in [0.5, 0.6) is 5.75 Å². The SMILES string of the molecule is COc1ccc(NC(C)=O)cc1C(=O)C(=O)O. The summed E-state index contributed by atoms with van der Waals surface area (Å²) in [4.78, 5) is 32.8. The number of nitrogens with one attached hydrogen (secondary N) is 1. The van der Waals surface area contributed by atoms with E-state index in [-0.39, 0.29) is 17.2 Å². The third-order valence-electron chi connectivity index (χ3n) is 1.96. The van der Waals surface area contributed by atoms with Gasteiger partial charge in [-0.2, -0.15) is 0 Å². The van der Waals surface area contributed by atoms with Gasteiger partial charge in [0.15, 0.2) is 0 Å². The second-order valence-electron chi connectivity index (χ2n) is 3.23. The highest BCUT2D eigenvalue weighted by Crippen LogP contribution is 2.23. The van der Waals surface area contributed by atoms with Crippen molar-refractivity contribution < 1.29 is 24.2 Å². The second kappa shape index (κ2) is 5.11. The van der Waals surface area contributed by atoms with E-state index < -0.39 is 11.8 Å². The number of anilines is 1. The number of benzene rings is 1. The van der Waals surface area contributed by atoms with Crippen LogP contribution in [0.4, 0.5) is 5.69 Å². The van der Waals surface area contributed by atoms with Crippen LogP contribution in [0.3, 0.4) is 0 Å². The average Bonchev–Trinajstić information content (AvgIpc) is 2.27. The Morgan fingerprint density at radius 2 is 1.94 bits per heavy atom. The van der Waals surface area contributed by atoms with E-state index in [1.807, 2.05) is 0 Å². The molecule has 17 heavy (non-hydrogen) atoms. The maximum absolute atomic E-state index is 11.4. The Balaban J connectivity index is 3.19. The fourth-order valence-electron chi connectivity index (χ4n) is 1.28. The van der Waals surface area contributed by atoms with E-state index in [1.54, 1.807) is 0 Å². The zero-order valence-corrected chi connectivity index (χ0v) is 9.31. The van der Waals surface area contributed by atoms with Crippen LogP contribution in [0.15, 0.2) is 18.2 Å². The molecule has 0 aliphatic carbocycles.